The van der Waals surface area contributed by atoms with Crippen LogP contribution in [0, 0.1) is 6.92 Å². The fraction of sp³-hybridized carbons (Fsp3) is 0.310. The molecule has 0 spiro atoms. The summed E-state index contributed by atoms with van der Waals surface area (Å²) in [5, 5.41) is 1.74. The largest absolute Gasteiger partial charge is 0.497 e. The second-order valence-electron chi connectivity index (χ2n) is 8.56. The maximum atomic E-state index is 6.66. The van der Waals surface area contributed by atoms with Crippen LogP contribution in [0.15, 0.2) is 84.2 Å². The summed E-state index contributed by atoms with van der Waals surface area (Å²) in [5.74, 6) is 7.48. The van der Waals surface area contributed by atoms with E-state index in [1.54, 1.807) is 12.1 Å². The zero-order valence-corrected chi connectivity index (χ0v) is 20.9. The maximum Gasteiger partial charge on any atom is 0.118 e. The highest BCUT2D eigenvalue weighted by molar-refractivity contribution is 5.64. The van der Waals surface area contributed by atoms with Gasteiger partial charge in [0.2, 0.25) is 0 Å². The molecule has 0 atom stereocenters. The molecule has 0 aliphatic carbocycles. The van der Waals surface area contributed by atoms with E-state index in [2.05, 4.69) is 74.2 Å². The van der Waals surface area contributed by atoms with Crippen molar-refractivity contribution in [2.45, 2.75) is 33.6 Å². The average Bonchev–Trinajstić information content (AvgIpc) is 2.88. The topological polar surface area (TPSA) is 67.8 Å². The van der Waals surface area contributed by atoms with Crippen LogP contribution in [0.3, 0.4) is 0 Å². The Kier molecular flexibility index (Phi) is 9.14. The van der Waals surface area contributed by atoms with Gasteiger partial charge in [0.1, 0.15) is 5.75 Å². The van der Waals surface area contributed by atoms with Crippen molar-refractivity contribution in [2.24, 2.45) is 11.6 Å². The van der Waals surface area contributed by atoms with Crippen LogP contribution in [-0.4, -0.2) is 31.6 Å². The number of hydrazine groups is 1. The van der Waals surface area contributed by atoms with E-state index < -0.39 is 0 Å². The summed E-state index contributed by atoms with van der Waals surface area (Å²) in [6.07, 6.45) is 1.44. The van der Waals surface area contributed by atoms with Gasteiger partial charge in [-0.25, -0.2) is 5.84 Å². The van der Waals surface area contributed by atoms with Crippen LogP contribution < -0.4 is 21.3 Å². The third kappa shape index (κ3) is 6.62. The number of aryl methyl sites for hydroxylation is 1. The van der Waals surface area contributed by atoms with Crippen molar-refractivity contribution in [3.8, 4) is 16.9 Å². The first kappa shape index (κ1) is 25.3. The van der Waals surface area contributed by atoms with Crippen LogP contribution >= 0.6 is 0 Å². The van der Waals surface area contributed by atoms with Gasteiger partial charge >= 0.3 is 0 Å². The molecule has 0 amide bonds. The van der Waals surface area contributed by atoms with E-state index in [0.717, 1.165) is 60.0 Å². The van der Waals surface area contributed by atoms with Gasteiger partial charge in [0.25, 0.3) is 0 Å². The number of hydrogen-bond donors (Lipinski definition) is 2. The summed E-state index contributed by atoms with van der Waals surface area (Å²) in [6, 6.07) is 24.9. The lowest BCUT2D eigenvalue weighted by molar-refractivity contribution is 0.307. The molecule has 0 bridgehead atoms. The number of allylic oxidation sites excluding steroid dienone is 1. The molecular formula is C29H38N4O. The first-order chi connectivity index (χ1) is 16.4. The fourth-order valence-corrected chi connectivity index (χ4v) is 3.97. The quantitative estimate of drug-likeness (QED) is 0.293. The van der Waals surface area contributed by atoms with Crippen LogP contribution in [0.1, 0.15) is 31.4 Å². The molecule has 3 rings (SSSR count). The van der Waals surface area contributed by atoms with E-state index in [-0.39, 0.29) is 0 Å². The van der Waals surface area contributed by atoms with Crippen molar-refractivity contribution >= 4 is 5.69 Å². The minimum absolute atomic E-state index is 0.664. The normalized spacial score (nSPS) is 11.9. The van der Waals surface area contributed by atoms with E-state index in [4.69, 9.17) is 16.3 Å². The molecule has 180 valence electrons. The van der Waals surface area contributed by atoms with Gasteiger partial charge in [-0.2, -0.15) is 0 Å². The van der Waals surface area contributed by atoms with Gasteiger partial charge in [-0.15, -0.1) is 0 Å². The Hall–Kier alpha value is -3.28. The zero-order chi connectivity index (χ0) is 24.5. The van der Waals surface area contributed by atoms with Gasteiger partial charge in [0.05, 0.1) is 18.5 Å². The number of hydrogen-bond acceptors (Lipinski definition) is 5. The Bertz CT molecular complexity index is 1050. The van der Waals surface area contributed by atoms with Gasteiger partial charge < -0.3 is 15.4 Å². The van der Waals surface area contributed by atoms with Gasteiger partial charge in [0, 0.05) is 25.1 Å². The SMILES string of the molecule is CCN(CC)CC/C(N)=C(\Cc1ccc(-c2ccc(OC)cc2)cc1)N(N)c1ccc(C)cc1. The molecule has 4 N–H and O–H groups in total. The van der Waals surface area contributed by atoms with Gasteiger partial charge in [-0.3, -0.25) is 5.01 Å². The van der Waals surface area contributed by atoms with Crippen LogP contribution in [0.2, 0.25) is 0 Å². The third-order valence-corrected chi connectivity index (χ3v) is 6.31. The molecule has 0 radical (unpaired) electrons. The zero-order valence-electron chi connectivity index (χ0n) is 20.9. The van der Waals surface area contributed by atoms with E-state index in [1.165, 1.54) is 11.1 Å². The first-order valence-electron chi connectivity index (χ1n) is 12.0. The minimum atomic E-state index is 0.664. The summed E-state index contributed by atoms with van der Waals surface area (Å²) < 4.78 is 5.27. The average molecular weight is 459 g/mol. The Morgan fingerprint density at radius 3 is 1.91 bits per heavy atom. The smallest absolute Gasteiger partial charge is 0.118 e. The highest BCUT2D eigenvalue weighted by Gasteiger charge is 2.14. The van der Waals surface area contributed by atoms with E-state index in [1.807, 2.05) is 24.3 Å². The van der Waals surface area contributed by atoms with Crippen molar-refractivity contribution in [3.05, 3.63) is 95.3 Å². The maximum absolute atomic E-state index is 6.66. The van der Waals surface area contributed by atoms with Crippen LogP contribution in [0.5, 0.6) is 5.75 Å². The molecule has 5 heteroatoms. The highest BCUT2D eigenvalue weighted by atomic mass is 16.5. The Morgan fingerprint density at radius 1 is 0.824 bits per heavy atom. The van der Waals surface area contributed by atoms with Gasteiger partial charge in [0.15, 0.2) is 0 Å². The standard InChI is InChI=1S/C29H38N4O/c1-5-32(6-2)20-19-28(30)29(33(31)26-15-7-22(3)8-16-26)21-23-9-11-24(12-10-23)25-13-17-27(34-4)18-14-25/h7-18H,5-6,19-21,30-31H2,1-4H3/b29-28-. The lowest BCUT2D eigenvalue weighted by Gasteiger charge is -2.26. The molecule has 0 unspecified atom stereocenters. The molecule has 5 nitrogen and oxygen atoms in total. The number of nitrogens with two attached hydrogens (primary N) is 2. The summed E-state index contributed by atoms with van der Waals surface area (Å²) in [6.45, 7) is 9.36. The van der Waals surface area contributed by atoms with Crippen molar-refractivity contribution < 1.29 is 4.74 Å². The molecule has 0 heterocycles. The van der Waals surface area contributed by atoms with Crippen molar-refractivity contribution in [1.29, 1.82) is 0 Å². The molecule has 0 saturated carbocycles. The molecule has 0 aromatic heterocycles. The molecule has 0 aliphatic heterocycles. The van der Waals surface area contributed by atoms with E-state index in [0.29, 0.717) is 6.42 Å². The fourth-order valence-electron chi connectivity index (χ4n) is 3.97. The molecule has 34 heavy (non-hydrogen) atoms. The number of nitrogens with zero attached hydrogens (tertiary/aromatic N) is 2. The van der Waals surface area contributed by atoms with E-state index >= 15 is 0 Å². The lowest BCUT2D eigenvalue weighted by atomic mass is 10.0. The van der Waals surface area contributed by atoms with Gasteiger partial charge in [-0.1, -0.05) is 67.9 Å². The predicted octanol–water partition coefficient (Wildman–Crippen LogP) is 5.50. The minimum Gasteiger partial charge on any atom is -0.497 e. The molecular weight excluding hydrogens is 420 g/mol. The molecule has 3 aromatic carbocycles. The van der Waals surface area contributed by atoms with Crippen molar-refractivity contribution in [1.82, 2.24) is 4.90 Å². The number of benzene rings is 3. The number of rotatable bonds is 11. The Labute approximate surface area is 204 Å². The number of ether oxygens (including phenoxy) is 1. The Morgan fingerprint density at radius 2 is 1.38 bits per heavy atom. The molecule has 3 aromatic rings. The highest BCUT2D eigenvalue weighted by Crippen LogP contribution is 2.25. The Balaban J connectivity index is 1.84. The summed E-state index contributed by atoms with van der Waals surface area (Å²) in [5.41, 5.74) is 14.0. The molecule has 0 saturated heterocycles. The summed E-state index contributed by atoms with van der Waals surface area (Å²) in [7, 11) is 1.68. The lowest BCUT2D eigenvalue weighted by Crippen LogP contribution is -2.34. The van der Waals surface area contributed by atoms with Crippen LogP contribution in [0.25, 0.3) is 11.1 Å². The molecule has 0 fully saturated rings. The monoisotopic (exact) mass is 458 g/mol. The van der Waals surface area contributed by atoms with Crippen LogP contribution in [-0.2, 0) is 6.42 Å². The summed E-state index contributed by atoms with van der Waals surface area (Å²) >= 11 is 0. The van der Waals surface area contributed by atoms with E-state index in [9.17, 15) is 0 Å². The van der Waals surface area contributed by atoms with Crippen molar-refractivity contribution in [3.63, 3.8) is 0 Å². The number of anilines is 1. The second-order valence-corrected chi connectivity index (χ2v) is 8.56. The number of methoxy groups -OCH3 is 1. The van der Waals surface area contributed by atoms with Crippen LogP contribution in [0.4, 0.5) is 5.69 Å². The third-order valence-electron chi connectivity index (χ3n) is 6.31. The first-order valence-corrected chi connectivity index (χ1v) is 12.0. The van der Waals surface area contributed by atoms with Gasteiger partial charge in [-0.05, 0) is 61.0 Å². The summed E-state index contributed by atoms with van der Waals surface area (Å²) in [4.78, 5) is 2.38. The van der Waals surface area contributed by atoms with Crippen molar-refractivity contribution in [2.75, 3.05) is 31.8 Å². The second kappa shape index (κ2) is 12.3. The predicted molar refractivity (Wildman–Crippen MR) is 144 cm³/mol. The molecule has 0 aliphatic rings.